The first-order valence-electron chi connectivity index (χ1n) is 9.61. The maximum atomic E-state index is 13.5. The average molecular weight is 451 g/mol. The number of aliphatic hydroxyl groups excluding tert-OH is 4. The van der Waals surface area contributed by atoms with Crippen molar-refractivity contribution < 1.29 is 38.7 Å². The third kappa shape index (κ3) is 5.19. The molecule has 0 aliphatic carbocycles. The van der Waals surface area contributed by atoms with Crippen molar-refractivity contribution in [1.82, 2.24) is 9.97 Å². The van der Waals surface area contributed by atoms with Crippen LogP contribution in [0.5, 0.6) is 11.5 Å². The molecule has 0 aliphatic heterocycles. The van der Waals surface area contributed by atoms with Crippen molar-refractivity contribution in [3.63, 3.8) is 0 Å². The molecule has 0 amide bonds. The maximum absolute atomic E-state index is 13.5. The van der Waals surface area contributed by atoms with E-state index in [0.29, 0.717) is 22.4 Å². The molecule has 1 heterocycles. The molecule has 3 aromatic rings. The lowest BCUT2D eigenvalue weighted by molar-refractivity contribution is -0.0981. The van der Waals surface area contributed by atoms with Crippen LogP contribution in [0.3, 0.4) is 0 Å². The van der Waals surface area contributed by atoms with Gasteiger partial charge in [0.25, 0.3) is 0 Å². The summed E-state index contributed by atoms with van der Waals surface area (Å²) in [6, 6.07) is 8.70. The quantitative estimate of drug-likeness (QED) is 0.309. The standard InChI is InChI=1S/C21H23F2N3O6/c1-31-16-6-13-15(24-10-25-21(13)26-12-4-2-11(22)3-5-12)7-17(16)32-18(9-28)20(30)19(29)14(23)8-27/h2-7,10,14,18-20,27-30H,8-9H2,1H3,(H,24,25,26)/t14-,18-,19+,20+/m1/s1. The molecule has 32 heavy (non-hydrogen) atoms. The number of hydrogen-bond acceptors (Lipinski definition) is 9. The first-order valence-corrected chi connectivity index (χ1v) is 9.61. The highest BCUT2D eigenvalue weighted by Crippen LogP contribution is 2.35. The number of nitrogens with one attached hydrogen (secondary N) is 1. The van der Waals surface area contributed by atoms with Crippen LogP contribution in [0.1, 0.15) is 0 Å². The van der Waals surface area contributed by atoms with Gasteiger partial charge in [0.1, 0.15) is 30.2 Å². The van der Waals surface area contributed by atoms with E-state index in [0.717, 1.165) is 0 Å². The van der Waals surface area contributed by atoms with Gasteiger partial charge in [-0.2, -0.15) is 0 Å². The van der Waals surface area contributed by atoms with Crippen molar-refractivity contribution in [1.29, 1.82) is 0 Å². The molecule has 0 radical (unpaired) electrons. The van der Waals surface area contributed by atoms with E-state index in [-0.39, 0.29) is 17.3 Å². The molecule has 0 aliphatic rings. The lowest BCUT2D eigenvalue weighted by atomic mass is 10.0. The van der Waals surface area contributed by atoms with Gasteiger partial charge in [-0.25, -0.2) is 18.7 Å². The number of alkyl halides is 1. The smallest absolute Gasteiger partial charge is 0.164 e. The molecule has 0 fully saturated rings. The second-order valence-electron chi connectivity index (χ2n) is 6.89. The number of aromatic nitrogens is 2. The fourth-order valence-electron chi connectivity index (χ4n) is 3.01. The Kier molecular flexibility index (Phi) is 7.70. The number of benzene rings is 2. The fraction of sp³-hybridized carbons (Fsp3) is 0.333. The van der Waals surface area contributed by atoms with Gasteiger partial charge in [0, 0.05) is 17.1 Å². The van der Waals surface area contributed by atoms with Gasteiger partial charge < -0.3 is 35.2 Å². The van der Waals surface area contributed by atoms with Crippen LogP contribution in [0.15, 0.2) is 42.7 Å². The van der Waals surface area contributed by atoms with Crippen LogP contribution >= 0.6 is 0 Å². The third-order valence-electron chi connectivity index (χ3n) is 4.76. The van der Waals surface area contributed by atoms with Crippen LogP contribution in [0.25, 0.3) is 10.9 Å². The molecule has 0 saturated carbocycles. The van der Waals surface area contributed by atoms with E-state index in [9.17, 15) is 24.1 Å². The average Bonchev–Trinajstić information content (AvgIpc) is 2.82. The Labute approximate surface area is 181 Å². The van der Waals surface area contributed by atoms with E-state index >= 15 is 0 Å². The molecule has 9 nitrogen and oxygen atoms in total. The van der Waals surface area contributed by atoms with Gasteiger partial charge >= 0.3 is 0 Å². The predicted octanol–water partition coefficient (Wildman–Crippen LogP) is 1.31. The highest BCUT2D eigenvalue weighted by atomic mass is 19.1. The van der Waals surface area contributed by atoms with E-state index in [2.05, 4.69) is 15.3 Å². The van der Waals surface area contributed by atoms with Crippen molar-refractivity contribution in [2.24, 2.45) is 0 Å². The second kappa shape index (κ2) is 10.5. The van der Waals surface area contributed by atoms with Gasteiger partial charge in [0.15, 0.2) is 23.8 Å². The summed E-state index contributed by atoms with van der Waals surface area (Å²) < 4.78 is 37.6. The summed E-state index contributed by atoms with van der Waals surface area (Å²) in [4.78, 5) is 8.37. The summed E-state index contributed by atoms with van der Waals surface area (Å²) in [5.41, 5.74) is 0.999. The Morgan fingerprint density at radius 3 is 2.34 bits per heavy atom. The zero-order valence-corrected chi connectivity index (χ0v) is 17.0. The van der Waals surface area contributed by atoms with Gasteiger partial charge in [-0.3, -0.25) is 0 Å². The SMILES string of the molecule is COc1cc2c(Nc3ccc(F)cc3)ncnc2cc1O[C@H](CO)[C@H](O)[C@@H](O)[C@H](F)CO. The van der Waals surface area contributed by atoms with Gasteiger partial charge in [-0.15, -0.1) is 0 Å². The molecule has 11 heteroatoms. The van der Waals surface area contributed by atoms with Crippen LogP contribution in [-0.4, -0.2) is 75.2 Å². The maximum Gasteiger partial charge on any atom is 0.164 e. The monoisotopic (exact) mass is 451 g/mol. The molecule has 0 bridgehead atoms. The van der Waals surface area contributed by atoms with Crippen LogP contribution in [0.4, 0.5) is 20.3 Å². The summed E-state index contributed by atoms with van der Waals surface area (Å²) >= 11 is 0. The third-order valence-corrected chi connectivity index (χ3v) is 4.76. The van der Waals surface area contributed by atoms with E-state index in [1.165, 1.54) is 31.6 Å². The van der Waals surface area contributed by atoms with Crippen molar-refractivity contribution in [2.75, 3.05) is 25.6 Å². The van der Waals surface area contributed by atoms with Crippen molar-refractivity contribution in [3.05, 3.63) is 48.5 Å². The summed E-state index contributed by atoms with van der Waals surface area (Å²) in [7, 11) is 1.37. The Bertz CT molecular complexity index is 1040. The van der Waals surface area contributed by atoms with E-state index in [1.807, 2.05) is 0 Å². The minimum absolute atomic E-state index is 0.0659. The molecule has 3 rings (SSSR count). The van der Waals surface area contributed by atoms with Crippen molar-refractivity contribution >= 4 is 22.4 Å². The molecule has 0 unspecified atom stereocenters. The molecule has 5 N–H and O–H groups in total. The fourth-order valence-corrected chi connectivity index (χ4v) is 3.01. The zero-order valence-electron chi connectivity index (χ0n) is 17.0. The number of ether oxygens (including phenoxy) is 2. The molecule has 2 aromatic carbocycles. The second-order valence-corrected chi connectivity index (χ2v) is 6.89. The number of halogens is 2. The normalized spacial score (nSPS) is 15.1. The number of anilines is 2. The summed E-state index contributed by atoms with van der Waals surface area (Å²) in [6.45, 7) is -1.75. The first-order chi connectivity index (χ1) is 15.4. The Hall–Kier alpha value is -3.12. The van der Waals surface area contributed by atoms with Gasteiger partial charge in [0.05, 0.1) is 25.8 Å². The number of aliphatic hydroxyl groups is 4. The molecular weight excluding hydrogens is 428 g/mol. The van der Waals surface area contributed by atoms with E-state index < -0.39 is 37.7 Å². The Morgan fingerprint density at radius 2 is 1.72 bits per heavy atom. The number of rotatable bonds is 10. The minimum Gasteiger partial charge on any atom is -0.493 e. The number of methoxy groups -OCH3 is 1. The summed E-state index contributed by atoms with van der Waals surface area (Å²) in [5.74, 6) is 0.281. The van der Waals surface area contributed by atoms with Gasteiger partial charge in [-0.05, 0) is 30.3 Å². The van der Waals surface area contributed by atoms with E-state index in [4.69, 9.17) is 14.6 Å². The zero-order chi connectivity index (χ0) is 23.3. The number of nitrogens with zero attached hydrogens (tertiary/aromatic N) is 2. The molecule has 4 atom stereocenters. The minimum atomic E-state index is -2.12. The van der Waals surface area contributed by atoms with E-state index in [1.54, 1.807) is 18.2 Å². The lowest BCUT2D eigenvalue weighted by Crippen LogP contribution is -2.48. The van der Waals surface area contributed by atoms with Crippen LogP contribution in [0.2, 0.25) is 0 Å². The van der Waals surface area contributed by atoms with Crippen LogP contribution in [0, 0.1) is 5.82 Å². The van der Waals surface area contributed by atoms with Crippen molar-refractivity contribution in [2.45, 2.75) is 24.5 Å². The molecule has 172 valence electrons. The van der Waals surface area contributed by atoms with Crippen LogP contribution in [-0.2, 0) is 0 Å². The lowest BCUT2D eigenvalue weighted by Gasteiger charge is -2.28. The Morgan fingerprint density at radius 1 is 1.00 bits per heavy atom. The highest BCUT2D eigenvalue weighted by molar-refractivity contribution is 5.93. The molecule has 0 spiro atoms. The largest absolute Gasteiger partial charge is 0.493 e. The first kappa shape index (κ1) is 23.5. The predicted molar refractivity (Wildman–Crippen MR) is 111 cm³/mol. The Balaban J connectivity index is 1.92. The van der Waals surface area contributed by atoms with Crippen molar-refractivity contribution in [3.8, 4) is 11.5 Å². The molecule has 0 saturated heterocycles. The summed E-state index contributed by atoms with van der Waals surface area (Å²) in [6.07, 6.45) is -6.04. The molecule has 1 aromatic heterocycles. The topological polar surface area (TPSA) is 137 Å². The molecular formula is C21H23F2N3O6. The highest BCUT2D eigenvalue weighted by Gasteiger charge is 2.34. The number of fused-ring (bicyclic) bond motifs is 1. The van der Waals surface area contributed by atoms with Gasteiger partial charge in [-0.1, -0.05) is 0 Å². The summed E-state index contributed by atoms with van der Waals surface area (Å²) in [5, 5.41) is 42.0. The van der Waals surface area contributed by atoms with Gasteiger partial charge in [0.2, 0.25) is 0 Å². The van der Waals surface area contributed by atoms with Crippen LogP contribution < -0.4 is 14.8 Å². The number of hydrogen-bond donors (Lipinski definition) is 5.